The number of fused-ring (bicyclic) bond motifs is 1. The number of carbonyl (C=O) groups is 1. The fourth-order valence-corrected chi connectivity index (χ4v) is 3.27. The molecule has 14 heavy (non-hydrogen) atoms. The number of rotatable bonds is 1. The maximum atomic E-state index is 11.5. The van der Waals surface area contributed by atoms with E-state index < -0.39 is 0 Å². The van der Waals surface area contributed by atoms with Gasteiger partial charge in [-0.25, -0.2) is 0 Å². The average molecular weight is 186 g/mol. The predicted molar refractivity (Wildman–Crippen MR) is 55.1 cm³/mol. The molecule has 2 saturated carbocycles. The first-order valence-electron chi connectivity index (χ1n) is 5.24. The van der Waals surface area contributed by atoms with Crippen molar-refractivity contribution in [2.75, 3.05) is 0 Å². The van der Waals surface area contributed by atoms with Gasteiger partial charge in [0.25, 0.3) is 0 Å². The molecule has 0 N–H and O–H groups in total. The minimum absolute atomic E-state index is 0.214. The molecule has 1 heteroatoms. The molecule has 0 radical (unpaired) electrons. The van der Waals surface area contributed by atoms with E-state index in [1.807, 2.05) is 6.07 Å². The number of ketones is 1. The standard InChI is InChI=1S/C13H14O/c1-12-7-11(14)8-13(12,9-12)10-5-3-2-4-6-10/h2-6H,7-9H2,1H3. The van der Waals surface area contributed by atoms with E-state index in [4.69, 9.17) is 0 Å². The zero-order chi connectivity index (χ0) is 9.81. The topological polar surface area (TPSA) is 17.1 Å². The van der Waals surface area contributed by atoms with Crippen LogP contribution in [0.3, 0.4) is 0 Å². The average Bonchev–Trinajstić information content (AvgIpc) is 2.64. The summed E-state index contributed by atoms with van der Waals surface area (Å²) < 4.78 is 0. The van der Waals surface area contributed by atoms with Gasteiger partial charge in [0.1, 0.15) is 5.78 Å². The van der Waals surface area contributed by atoms with E-state index >= 15 is 0 Å². The molecule has 2 unspecified atom stereocenters. The first kappa shape index (κ1) is 8.22. The van der Waals surface area contributed by atoms with Crippen LogP contribution in [0.25, 0.3) is 0 Å². The molecule has 0 amide bonds. The zero-order valence-corrected chi connectivity index (χ0v) is 8.42. The summed E-state index contributed by atoms with van der Waals surface area (Å²) in [5.41, 5.74) is 1.87. The van der Waals surface area contributed by atoms with Crippen molar-refractivity contribution in [1.82, 2.24) is 0 Å². The first-order chi connectivity index (χ1) is 6.66. The molecule has 2 fully saturated rings. The smallest absolute Gasteiger partial charge is 0.134 e. The van der Waals surface area contributed by atoms with Gasteiger partial charge in [-0.15, -0.1) is 0 Å². The lowest BCUT2D eigenvalue weighted by molar-refractivity contribution is -0.118. The van der Waals surface area contributed by atoms with Gasteiger partial charge >= 0.3 is 0 Å². The molecule has 72 valence electrons. The fraction of sp³-hybridized carbons (Fsp3) is 0.462. The van der Waals surface area contributed by atoms with E-state index in [-0.39, 0.29) is 10.8 Å². The molecular formula is C13H14O. The van der Waals surface area contributed by atoms with Crippen molar-refractivity contribution < 1.29 is 4.79 Å². The lowest BCUT2D eigenvalue weighted by Gasteiger charge is -2.13. The van der Waals surface area contributed by atoms with Crippen molar-refractivity contribution in [2.24, 2.45) is 5.41 Å². The summed E-state index contributed by atoms with van der Waals surface area (Å²) in [6.45, 7) is 2.25. The molecule has 2 atom stereocenters. The van der Waals surface area contributed by atoms with Gasteiger partial charge in [-0.05, 0) is 17.4 Å². The third-order valence-electron chi connectivity index (χ3n) is 4.13. The highest BCUT2D eigenvalue weighted by molar-refractivity contribution is 5.87. The molecule has 1 nitrogen and oxygen atoms in total. The van der Waals surface area contributed by atoms with Crippen LogP contribution in [-0.2, 0) is 10.2 Å². The van der Waals surface area contributed by atoms with Crippen LogP contribution < -0.4 is 0 Å². The Kier molecular flexibility index (Phi) is 1.34. The van der Waals surface area contributed by atoms with Crippen molar-refractivity contribution in [3.63, 3.8) is 0 Å². The molecule has 0 spiro atoms. The lowest BCUT2D eigenvalue weighted by atomic mass is 9.89. The largest absolute Gasteiger partial charge is 0.300 e. The highest BCUT2D eigenvalue weighted by Crippen LogP contribution is 2.72. The normalized spacial score (nSPS) is 39.6. The second-order valence-electron chi connectivity index (χ2n) is 5.08. The van der Waals surface area contributed by atoms with Crippen molar-refractivity contribution in [3.05, 3.63) is 35.9 Å². The molecule has 1 aromatic rings. The quantitative estimate of drug-likeness (QED) is 0.659. The Labute approximate surface area is 84.1 Å². The van der Waals surface area contributed by atoms with E-state index in [2.05, 4.69) is 31.2 Å². The molecule has 0 bridgehead atoms. The van der Waals surface area contributed by atoms with Gasteiger partial charge in [0, 0.05) is 18.3 Å². The van der Waals surface area contributed by atoms with E-state index in [0.717, 1.165) is 12.8 Å². The third-order valence-corrected chi connectivity index (χ3v) is 4.13. The van der Waals surface area contributed by atoms with Crippen LogP contribution in [-0.4, -0.2) is 5.78 Å². The number of hydrogen-bond acceptors (Lipinski definition) is 1. The molecule has 0 aliphatic heterocycles. The summed E-state index contributed by atoms with van der Waals surface area (Å²) in [6.07, 6.45) is 2.77. The van der Waals surface area contributed by atoms with Gasteiger partial charge in [0.05, 0.1) is 0 Å². The monoisotopic (exact) mass is 186 g/mol. The zero-order valence-electron chi connectivity index (χ0n) is 8.42. The van der Waals surface area contributed by atoms with Gasteiger partial charge in [0.2, 0.25) is 0 Å². The maximum Gasteiger partial charge on any atom is 0.134 e. The van der Waals surface area contributed by atoms with Crippen LogP contribution in [0, 0.1) is 5.41 Å². The lowest BCUT2D eigenvalue weighted by Crippen LogP contribution is -2.09. The summed E-state index contributed by atoms with van der Waals surface area (Å²) in [7, 11) is 0. The Morgan fingerprint density at radius 1 is 1.14 bits per heavy atom. The Bertz CT molecular complexity index is 395. The minimum atomic E-state index is 0.214. The summed E-state index contributed by atoms with van der Waals surface area (Å²) >= 11 is 0. The number of benzene rings is 1. The highest BCUT2D eigenvalue weighted by Gasteiger charge is 2.69. The van der Waals surface area contributed by atoms with E-state index in [9.17, 15) is 4.79 Å². The Morgan fingerprint density at radius 2 is 1.86 bits per heavy atom. The van der Waals surface area contributed by atoms with Gasteiger partial charge in [-0.3, -0.25) is 4.79 Å². The Balaban J connectivity index is 2.05. The van der Waals surface area contributed by atoms with Crippen LogP contribution in [0.1, 0.15) is 31.7 Å². The highest BCUT2D eigenvalue weighted by atomic mass is 16.1. The molecule has 2 aliphatic carbocycles. The van der Waals surface area contributed by atoms with Crippen LogP contribution >= 0.6 is 0 Å². The number of Topliss-reactive ketones (excluding diaryl/α,β-unsaturated/α-hetero) is 1. The van der Waals surface area contributed by atoms with Crippen molar-refractivity contribution in [3.8, 4) is 0 Å². The fourth-order valence-electron chi connectivity index (χ4n) is 3.27. The van der Waals surface area contributed by atoms with Crippen LogP contribution in [0.4, 0.5) is 0 Å². The SMILES string of the molecule is CC12CC(=O)CC1(c1ccccc1)C2. The molecule has 0 saturated heterocycles. The van der Waals surface area contributed by atoms with E-state index in [1.54, 1.807) is 0 Å². The molecule has 0 aromatic heterocycles. The maximum absolute atomic E-state index is 11.5. The first-order valence-corrected chi connectivity index (χ1v) is 5.24. The van der Waals surface area contributed by atoms with Gasteiger partial charge in [-0.1, -0.05) is 37.3 Å². The van der Waals surface area contributed by atoms with Crippen LogP contribution in [0.15, 0.2) is 30.3 Å². The van der Waals surface area contributed by atoms with Crippen molar-refractivity contribution >= 4 is 5.78 Å². The molecule has 2 aliphatic rings. The second kappa shape index (κ2) is 2.28. The van der Waals surface area contributed by atoms with Gasteiger partial charge in [-0.2, -0.15) is 0 Å². The van der Waals surface area contributed by atoms with Gasteiger partial charge in [0.15, 0.2) is 0 Å². The number of carbonyl (C=O) groups excluding carboxylic acids is 1. The predicted octanol–water partition coefficient (Wildman–Crippen LogP) is 2.70. The summed E-state index contributed by atoms with van der Waals surface area (Å²) in [5, 5.41) is 0. The Morgan fingerprint density at radius 3 is 2.43 bits per heavy atom. The second-order valence-corrected chi connectivity index (χ2v) is 5.08. The molecule has 0 heterocycles. The van der Waals surface area contributed by atoms with Gasteiger partial charge < -0.3 is 0 Å². The van der Waals surface area contributed by atoms with Crippen LogP contribution in [0.5, 0.6) is 0 Å². The van der Waals surface area contributed by atoms with E-state index in [1.165, 1.54) is 12.0 Å². The molecule has 3 rings (SSSR count). The van der Waals surface area contributed by atoms with E-state index in [0.29, 0.717) is 5.78 Å². The summed E-state index contributed by atoms with van der Waals surface area (Å²) in [5.74, 6) is 0.447. The third kappa shape index (κ3) is 0.827. The summed E-state index contributed by atoms with van der Waals surface area (Å²) in [4.78, 5) is 11.5. The van der Waals surface area contributed by atoms with Crippen LogP contribution in [0.2, 0.25) is 0 Å². The molecule has 1 aromatic carbocycles. The number of hydrogen-bond donors (Lipinski definition) is 0. The Hall–Kier alpha value is -1.11. The van der Waals surface area contributed by atoms with Crippen molar-refractivity contribution in [1.29, 1.82) is 0 Å². The van der Waals surface area contributed by atoms with Crippen molar-refractivity contribution in [2.45, 2.75) is 31.6 Å². The minimum Gasteiger partial charge on any atom is -0.300 e. The molecular weight excluding hydrogens is 172 g/mol. The summed E-state index contributed by atoms with van der Waals surface area (Å²) in [6, 6.07) is 10.5.